The maximum atomic E-state index is 13.2. The lowest BCUT2D eigenvalue weighted by Crippen LogP contribution is -2.19. The van der Waals surface area contributed by atoms with Crippen LogP contribution in [0, 0.1) is 5.82 Å². The van der Waals surface area contributed by atoms with Gasteiger partial charge >= 0.3 is 0 Å². The Kier molecular flexibility index (Phi) is 4.29. The second kappa shape index (κ2) is 5.27. The molecule has 1 N–H and O–H groups in total. The Morgan fingerprint density at radius 1 is 1.64 bits per heavy atom. The largest absolute Gasteiger partial charge is 0.307 e. The van der Waals surface area contributed by atoms with Crippen LogP contribution in [0.4, 0.5) is 4.39 Å². The maximum absolute atomic E-state index is 13.2. The predicted octanol–water partition coefficient (Wildman–Crippen LogP) is 3.42. The van der Waals surface area contributed by atoms with Crippen LogP contribution in [0.3, 0.4) is 0 Å². The molecule has 0 aliphatic rings. The molecule has 0 saturated carbocycles. The first kappa shape index (κ1) is 11.4. The number of hydrogen-bond acceptors (Lipinski definition) is 1. The van der Waals surface area contributed by atoms with Crippen molar-refractivity contribution in [3.05, 3.63) is 46.7 Å². The summed E-state index contributed by atoms with van der Waals surface area (Å²) in [5, 5.41) is 3.20. The summed E-state index contributed by atoms with van der Waals surface area (Å²) in [6.07, 6.45) is 1.77. The van der Waals surface area contributed by atoms with Crippen molar-refractivity contribution in [3.8, 4) is 0 Å². The second-order valence-corrected chi connectivity index (χ2v) is 3.71. The Hall–Kier alpha value is -0.670. The molecule has 0 aliphatic carbocycles. The first-order valence-electron chi connectivity index (χ1n) is 4.50. The molecule has 1 unspecified atom stereocenters. The second-order valence-electron chi connectivity index (χ2n) is 2.91. The normalized spacial score (nSPS) is 12.5. The molecule has 0 saturated heterocycles. The fourth-order valence-electron chi connectivity index (χ4n) is 1.30. The summed E-state index contributed by atoms with van der Waals surface area (Å²) in [6, 6.07) is 5.00. The van der Waals surface area contributed by atoms with Crippen molar-refractivity contribution in [3.63, 3.8) is 0 Å². The van der Waals surface area contributed by atoms with Crippen LogP contribution in [-0.4, -0.2) is 6.54 Å². The molecule has 0 aromatic heterocycles. The molecule has 1 aromatic rings. The average molecular weight is 258 g/mol. The van der Waals surface area contributed by atoms with Gasteiger partial charge in [-0.25, -0.2) is 4.39 Å². The molecule has 1 nitrogen and oxygen atoms in total. The third-order valence-electron chi connectivity index (χ3n) is 1.98. The number of benzene rings is 1. The van der Waals surface area contributed by atoms with Crippen molar-refractivity contribution in [2.24, 2.45) is 0 Å². The number of likely N-dealkylation sites (N-methyl/N-ethyl adjacent to an activating group) is 1. The van der Waals surface area contributed by atoms with E-state index in [0.29, 0.717) is 4.47 Å². The summed E-state index contributed by atoms with van der Waals surface area (Å²) < 4.78 is 13.7. The Morgan fingerprint density at radius 2 is 2.36 bits per heavy atom. The lowest BCUT2D eigenvalue weighted by molar-refractivity contribution is 0.602. The van der Waals surface area contributed by atoms with E-state index in [1.807, 2.05) is 13.0 Å². The van der Waals surface area contributed by atoms with Crippen molar-refractivity contribution in [1.29, 1.82) is 0 Å². The van der Waals surface area contributed by atoms with Crippen molar-refractivity contribution in [2.45, 2.75) is 13.0 Å². The Labute approximate surface area is 92.1 Å². The van der Waals surface area contributed by atoms with Gasteiger partial charge in [-0.1, -0.05) is 25.1 Å². The van der Waals surface area contributed by atoms with Crippen LogP contribution in [0.15, 0.2) is 35.3 Å². The minimum absolute atomic E-state index is 0.00919. The van der Waals surface area contributed by atoms with Crippen LogP contribution >= 0.6 is 15.9 Å². The molecule has 1 aromatic carbocycles. The van der Waals surface area contributed by atoms with Gasteiger partial charge in [-0.2, -0.15) is 0 Å². The third-order valence-corrected chi connectivity index (χ3v) is 2.81. The summed E-state index contributed by atoms with van der Waals surface area (Å²) in [6.45, 7) is 6.54. The lowest BCUT2D eigenvalue weighted by Gasteiger charge is -2.15. The fourth-order valence-corrected chi connectivity index (χ4v) is 1.81. The van der Waals surface area contributed by atoms with Gasteiger partial charge in [0.2, 0.25) is 0 Å². The molecule has 1 atom stereocenters. The van der Waals surface area contributed by atoms with Crippen molar-refractivity contribution in [2.75, 3.05) is 6.54 Å². The van der Waals surface area contributed by atoms with Gasteiger partial charge in [-0.3, -0.25) is 0 Å². The highest BCUT2D eigenvalue weighted by atomic mass is 79.9. The molecular formula is C11H13BrFN. The molecule has 76 valence electrons. The van der Waals surface area contributed by atoms with E-state index in [4.69, 9.17) is 0 Å². The molecule has 0 bridgehead atoms. The summed E-state index contributed by atoms with van der Waals surface area (Å²) >= 11 is 3.23. The van der Waals surface area contributed by atoms with E-state index in [1.165, 1.54) is 6.07 Å². The Bertz CT molecular complexity index is 325. The topological polar surface area (TPSA) is 12.0 Å². The zero-order chi connectivity index (χ0) is 10.6. The van der Waals surface area contributed by atoms with Crippen molar-refractivity contribution < 1.29 is 4.39 Å². The van der Waals surface area contributed by atoms with Gasteiger partial charge in [0.15, 0.2) is 0 Å². The van der Waals surface area contributed by atoms with Gasteiger partial charge in [-0.15, -0.1) is 6.58 Å². The molecule has 0 aliphatic heterocycles. The standard InChI is InChI=1S/C11H13BrFN/c1-3-10(14-4-2)8-6-5-7-9(13)11(8)12/h3,5-7,10,14H,1,4H2,2H3. The van der Waals surface area contributed by atoms with Crippen LogP contribution in [0.1, 0.15) is 18.5 Å². The van der Waals surface area contributed by atoms with E-state index in [9.17, 15) is 4.39 Å². The van der Waals surface area contributed by atoms with Crippen LogP contribution in [0.5, 0.6) is 0 Å². The van der Waals surface area contributed by atoms with Gasteiger partial charge in [0.25, 0.3) is 0 Å². The smallest absolute Gasteiger partial charge is 0.137 e. The van der Waals surface area contributed by atoms with Crippen LogP contribution in [0.25, 0.3) is 0 Å². The molecule has 1 rings (SSSR count). The summed E-state index contributed by atoms with van der Waals surface area (Å²) in [4.78, 5) is 0. The highest BCUT2D eigenvalue weighted by molar-refractivity contribution is 9.10. The Balaban J connectivity index is 3.03. The van der Waals surface area contributed by atoms with Gasteiger partial charge in [-0.05, 0) is 34.1 Å². The summed E-state index contributed by atoms with van der Waals surface area (Å²) in [5.74, 6) is -0.243. The third kappa shape index (κ3) is 2.42. The lowest BCUT2D eigenvalue weighted by atomic mass is 10.1. The van der Waals surface area contributed by atoms with E-state index < -0.39 is 0 Å². The molecule has 0 radical (unpaired) electrons. The number of rotatable bonds is 4. The number of nitrogens with one attached hydrogen (secondary N) is 1. The van der Waals surface area contributed by atoms with E-state index >= 15 is 0 Å². The fraction of sp³-hybridized carbons (Fsp3) is 0.273. The minimum atomic E-state index is -0.243. The molecular weight excluding hydrogens is 245 g/mol. The SMILES string of the molecule is C=CC(NCC)c1cccc(F)c1Br. The van der Waals surface area contributed by atoms with Crippen LogP contribution in [0.2, 0.25) is 0 Å². The quantitative estimate of drug-likeness (QED) is 0.816. The van der Waals surface area contributed by atoms with Gasteiger partial charge in [0, 0.05) is 0 Å². The average Bonchev–Trinajstić information content (AvgIpc) is 2.19. The zero-order valence-corrected chi connectivity index (χ0v) is 9.64. The molecule has 3 heteroatoms. The van der Waals surface area contributed by atoms with Crippen molar-refractivity contribution >= 4 is 15.9 Å². The van der Waals surface area contributed by atoms with Gasteiger partial charge in [0.1, 0.15) is 5.82 Å². The first-order valence-corrected chi connectivity index (χ1v) is 5.29. The summed E-state index contributed by atoms with van der Waals surface area (Å²) in [7, 11) is 0. The number of hydrogen-bond donors (Lipinski definition) is 1. The molecule has 0 amide bonds. The van der Waals surface area contributed by atoms with Crippen molar-refractivity contribution in [1.82, 2.24) is 5.32 Å². The molecule has 0 spiro atoms. The zero-order valence-electron chi connectivity index (χ0n) is 8.06. The number of halogens is 2. The van der Waals surface area contributed by atoms with E-state index in [-0.39, 0.29) is 11.9 Å². The molecule has 14 heavy (non-hydrogen) atoms. The highest BCUT2D eigenvalue weighted by Gasteiger charge is 2.11. The molecule has 0 heterocycles. The molecule has 0 fully saturated rings. The van der Waals surface area contributed by atoms with Gasteiger partial charge in [0.05, 0.1) is 10.5 Å². The maximum Gasteiger partial charge on any atom is 0.137 e. The monoisotopic (exact) mass is 257 g/mol. The minimum Gasteiger partial charge on any atom is -0.307 e. The van der Waals surface area contributed by atoms with E-state index in [1.54, 1.807) is 12.1 Å². The summed E-state index contributed by atoms with van der Waals surface area (Å²) in [5.41, 5.74) is 0.877. The first-order chi connectivity index (χ1) is 6.70. The highest BCUT2D eigenvalue weighted by Crippen LogP contribution is 2.26. The van der Waals surface area contributed by atoms with E-state index in [2.05, 4.69) is 27.8 Å². The van der Waals surface area contributed by atoms with Crippen LogP contribution < -0.4 is 5.32 Å². The van der Waals surface area contributed by atoms with Gasteiger partial charge < -0.3 is 5.32 Å². The van der Waals surface area contributed by atoms with Crippen LogP contribution in [-0.2, 0) is 0 Å². The predicted molar refractivity (Wildman–Crippen MR) is 60.7 cm³/mol. The Morgan fingerprint density at radius 3 is 2.93 bits per heavy atom. The van der Waals surface area contributed by atoms with E-state index in [0.717, 1.165) is 12.1 Å².